The minimum absolute atomic E-state index is 0.0131. The Morgan fingerprint density at radius 3 is 2.60 bits per heavy atom. The summed E-state index contributed by atoms with van der Waals surface area (Å²) in [5.41, 5.74) is 1.91. The van der Waals surface area contributed by atoms with Crippen molar-refractivity contribution in [2.45, 2.75) is 33.6 Å². The van der Waals surface area contributed by atoms with Gasteiger partial charge < -0.3 is 9.84 Å². The van der Waals surface area contributed by atoms with Gasteiger partial charge in [-0.05, 0) is 48.4 Å². The standard InChI is InChI=1S/C25H30FN5O4/c1-7-30(14-33)23(13-32)28-29(5)22-9-17-18(8-20(22)26)25(34)31(12-19(17)15(2)3)21-10-24(35-6)27-11-16(21)4/h8-12,14-15,32H,7,13H2,1-6H3/b28-23-. The van der Waals surface area contributed by atoms with Gasteiger partial charge in [0.05, 0.1) is 23.9 Å². The molecule has 0 spiro atoms. The Morgan fingerprint density at radius 2 is 2.03 bits per heavy atom. The van der Waals surface area contributed by atoms with E-state index in [0.29, 0.717) is 29.9 Å². The molecule has 0 atom stereocenters. The molecule has 9 nitrogen and oxygen atoms in total. The molecule has 1 aromatic carbocycles. The summed E-state index contributed by atoms with van der Waals surface area (Å²) in [5.74, 6) is -0.213. The van der Waals surface area contributed by atoms with Crippen molar-refractivity contribution in [3.63, 3.8) is 0 Å². The van der Waals surface area contributed by atoms with Crippen LogP contribution in [0.25, 0.3) is 16.5 Å². The number of carbonyl (C=O) groups excluding carboxylic acids is 1. The van der Waals surface area contributed by atoms with Crippen molar-refractivity contribution in [1.82, 2.24) is 14.5 Å². The first-order chi connectivity index (χ1) is 16.7. The molecule has 35 heavy (non-hydrogen) atoms. The summed E-state index contributed by atoms with van der Waals surface area (Å²) in [6.45, 7) is 7.34. The van der Waals surface area contributed by atoms with Crippen LogP contribution >= 0.6 is 0 Å². The molecule has 2 heterocycles. The Labute approximate surface area is 203 Å². The van der Waals surface area contributed by atoms with Crippen LogP contribution in [0.4, 0.5) is 10.1 Å². The van der Waals surface area contributed by atoms with Gasteiger partial charge in [-0.2, -0.15) is 5.10 Å². The normalized spacial score (nSPS) is 11.7. The summed E-state index contributed by atoms with van der Waals surface area (Å²) >= 11 is 0. The maximum atomic E-state index is 15.3. The highest BCUT2D eigenvalue weighted by molar-refractivity contribution is 5.93. The molecule has 10 heteroatoms. The van der Waals surface area contributed by atoms with Crippen LogP contribution in [0.2, 0.25) is 0 Å². The first-order valence-corrected chi connectivity index (χ1v) is 11.2. The van der Waals surface area contributed by atoms with Gasteiger partial charge in [0.1, 0.15) is 12.4 Å². The molecule has 186 valence electrons. The van der Waals surface area contributed by atoms with E-state index in [1.54, 1.807) is 31.5 Å². The highest BCUT2D eigenvalue weighted by atomic mass is 19.1. The second kappa shape index (κ2) is 10.6. The first-order valence-electron chi connectivity index (χ1n) is 11.2. The predicted molar refractivity (Wildman–Crippen MR) is 134 cm³/mol. The number of pyridine rings is 2. The molecule has 0 saturated heterocycles. The van der Waals surface area contributed by atoms with E-state index < -0.39 is 12.4 Å². The van der Waals surface area contributed by atoms with E-state index in [1.807, 2.05) is 20.8 Å². The molecule has 0 radical (unpaired) electrons. The number of anilines is 1. The minimum Gasteiger partial charge on any atom is -0.481 e. The first kappa shape index (κ1) is 25.8. The number of carbonyl (C=O) groups is 1. The Morgan fingerprint density at radius 1 is 1.31 bits per heavy atom. The van der Waals surface area contributed by atoms with Gasteiger partial charge in [-0.3, -0.25) is 24.1 Å². The van der Waals surface area contributed by atoms with Crippen molar-refractivity contribution >= 4 is 28.7 Å². The quantitative estimate of drug-likeness (QED) is 0.229. The zero-order chi connectivity index (χ0) is 25.9. The Kier molecular flexibility index (Phi) is 7.85. The van der Waals surface area contributed by atoms with Crippen molar-refractivity contribution in [1.29, 1.82) is 0 Å². The number of aliphatic hydroxyl groups is 1. The number of aliphatic hydroxyl groups excluding tert-OH is 1. The molecule has 0 saturated carbocycles. The SMILES string of the molecule is CCN(C=O)/C(CO)=N\N(C)c1cc2c(C(C)C)cn(-c3cc(OC)ncc3C)c(=O)c2cc1F. The number of likely N-dealkylation sites (N-methyl/N-ethyl adjacent to an activating group) is 1. The van der Waals surface area contributed by atoms with E-state index in [4.69, 9.17) is 4.74 Å². The lowest BCUT2D eigenvalue weighted by Gasteiger charge is -2.22. The molecule has 0 unspecified atom stereocenters. The third kappa shape index (κ3) is 5.02. The number of benzene rings is 1. The lowest BCUT2D eigenvalue weighted by molar-refractivity contribution is -0.114. The summed E-state index contributed by atoms with van der Waals surface area (Å²) in [7, 11) is 3.01. The number of aromatic nitrogens is 2. The number of ether oxygens (including phenoxy) is 1. The Bertz CT molecular complexity index is 1340. The number of hydrogen-bond acceptors (Lipinski definition) is 7. The van der Waals surface area contributed by atoms with Gasteiger partial charge in [0, 0.05) is 32.1 Å². The molecule has 0 fully saturated rings. The molecule has 0 bridgehead atoms. The fraction of sp³-hybridized carbons (Fsp3) is 0.360. The zero-order valence-electron chi connectivity index (χ0n) is 20.7. The third-order valence-corrected chi connectivity index (χ3v) is 5.81. The molecule has 0 aliphatic heterocycles. The maximum Gasteiger partial charge on any atom is 0.263 e. The molecule has 0 aliphatic rings. The monoisotopic (exact) mass is 483 g/mol. The van der Waals surface area contributed by atoms with Gasteiger partial charge in [-0.1, -0.05) is 13.8 Å². The van der Waals surface area contributed by atoms with Crippen LogP contribution < -0.4 is 15.3 Å². The Hall–Kier alpha value is -3.79. The Balaban J connectivity index is 2.26. The van der Waals surface area contributed by atoms with Crippen LogP contribution in [-0.2, 0) is 4.79 Å². The van der Waals surface area contributed by atoms with Crippen LogP contribution in [0.3, 0.4) is 0 Å². The molecule has 0 aliphatic carbocycles. The average molecular weight is 484 g/mol. The summed E-state index contributed by atoms with van der Waals surface area (Å²) in [5, 5.41) is 15.9. The third-order valence-electron chi connectivity index (χ3n) is 5.81. The van der Waals surface area contributed by atoms with Gasteiger partial charge in [-0.15, -0.1) is 0 Å². The lowest BCUT2D eigenvalue weighted by atomic mass is 9.97. The highest BCUT2D eigenvalue weighted by Gasteiger charge is 2.19. The van der Waals surface area contributed by atoms with E-state index in [1.165, 1.54) is 34.7 Å². The van der Waals surface area contributed by atoms with E-state index >= 15 is 4.39 Å². The van der Waals surface area contributed by atoms with Gasteiger partial charge in [0.15, 0.2) is 5.84 Å². The van der Waals surface area contributed by atoms with Crippen molar-refractivity contribution in [3.05, 3.63) is 57.9 Å². The average Bonchev–Trinajstić information content (AvgIpc) is 2.84. The summed E-state index contributed by atoms with van der Waals surface area (Å²) in [6, 6.07) is 4.44. The van der Waals surface area contributed by atoms with Gasteiger partial charge in [0.25, 0.3) is 5.56 Å². The van der Waals surface area contributed by atoms with Gasteiger partial charge >= 0.3 is 0 Å². The molecular weight excluding hydrogens is 453 g/mol. The number of rotatable bonds is 8. The number of hydrazone groups is 1. The van der Waals surface area contributed by atoms with Crippen molar-refractivity contribution in [2.24, 2.45) is 5.10 Å². The largest absolute Gasteiger partial charge is 0.481 e. The van der Waals surface area contributed by atoms with E-state index in [9.17, 15) is 14.7 Å². The van der Waals surface area contributed by atoms with Crippen molar-refractivity contribution < 1.29 is 19.0 Å². The highest BCUT2D eigenvalue weighted by Crippen LogP contribution is 2.31. The van der Waals surface area contributed by atoms with E-state index in [2.05, 4.69) is 10.1 Å². The van der Waals surface area contributed by atoms with Crippen LogP contribution in [-0.4, -0.2) is 59.1 Å². The summed E-state index contributed by atoms with van der Waals surface area (Å²) in [6.07, 6.45) is 3.93. The van der Waals surface area contributed by atoms with Crippen molar-refractivity contribution in [2.75, 3.05) is 32.3 Å². The number of hydrogen-bond donors (Lipinski definition) is 1. The fourth-order valence-corrected chi connectivity index (χ4v) is 3.85. The minimum atomic E-state index is -0.663. The molecule has 2 aromatic heterocycles. The smallest absolute Gasteiger partial charge is 0.263 e. The van der Waals surface area contributed by atoms with Crippen LogP contribution in [0.15, 0.2) is 40.5 Å². The molecule has 3 rings (SSSR count). The number of halogens is 1. The number of methoxy groups -OCH3 is 1. The molecule has 1 N–H and O–H groups in total. The van der Waals surface area contributed by atoms with Crippen molar-refractivity contribution in [3.8, 4) is 11.6 Å². The van der Waals surface area contributed by atoms with Crippen LogP contribution in [0, 0.1) is 12.7 Å². The second-order valence-corrected chi connectivity index (χ2v) is 8.37. The number of nitrogens with zero attached hydrogens (tertiary/aromatic N) is 5. The summed E-state index contributed by atoms with van der Waals surface area (Å²) < 4.78 is 22.0. The number of amides is 1. The number of amidine groups is 1. The van der Waals surface area contributed by atoms with Gasteiger partial charge in [-0.25, -0.2) is 9.37 Å². The molecular formula is C25H30FN5O4. The maximum absolute atomic E-state index is 15.3. The fourth-order valence-electron chi connectivity index (χ4n) is 3.85. The number of aryl methyl sites for hydroxylation is 1. The van der Waals surface area contributed by atoms with Gasteiger partial charge in [0.2, 0.25) is 12.3 Å². The number of fused-ring (bicyclic) bond motifs is 1. The lowest BCUT2D eigenvalue weighted by Crippen LogP contribution is -2.34. The second-order valence-electron chi connectivity index (χ2n) is 8.37. The topological polar surface area (TPSA) is 100 Å². The van der Waals surface area contributed by atoms with Crippen LogP contribution in [0.5, 0.6) is 5.88 Å². The molecule has 1 amide bonds. The van der Waals surface area contributed by atoms with E-state index in [-0.39, 0.29) is 28.4 Å². The van der Waals surface area contributed by atoms with E-state index in [0.717, 1.165) is 11.1 Å². The van der Waals surface area contributed by atoms with Crippen LogP contribution in [0.1, 0.15) is 37.8 Å². The molecule has 3 aromatic rings. The predicted octanol–water partition coefficient (Wildman–Crippen LogP) is 3.19. The zero-order valence-corrected chi connectivity index (χ0v) is 20.7. The summed E-state index contributed by atoms with van der Waals surface area (Å²) in [4.78, 5) is 30.1.